The van der Waals surface area contributed by atoms with Gasteiger partial charge in [-0.25, -0.2) is 0 Å². The maximum absolute atomic E-state index is 8.86. The molecule has 0 unspecified atom stereocenters. The molecule has 1 rings (SSSR count). The standard InChI is InChI=1S/C8H17NO3/c1-7(4-10)9-5-8(6-9,11-2)12-3/h7,10H,4-6H2,1-3H3/t7-/m0/s1. The van der Waals surface area contributed by atoms with Crippen LogP contribution in [0.2, 0.25) is 0 Å². The molecule has 1 aliphatic rings. The Morgan fingerprint density at radius 3 is 2.25 bits per heavy atom. The average Bonchev–Trinajstić information content (AvgIpc) is 2.04. The highest BCUT2D eigenvalue weighted by molar-refractivity contribution is 4.91. The topological polar surface area (TPSA) is 41.9 Å². The van der Waals surface area contributed by atoms with E-state index >= 15 is 0 Å². The Hall–Kier alpha value is -0.160. The van der Waals surface area contributed by atoms with Gasteiger partial charge in [0.05, 0.1) is 19.7 Å². The zero-order valence-corrected chi connectivity index (χ0v) is 7.91. The van der Waals surface area contributed by atoms with Crippen molar-refractivity contribution in [3.05, 3.63) is 0 Å². The fraction of sp³-hybridized carbons (Fsp3) is 1.00. The highest BCUT2D eigenvalue weighted by atomic mass is 16.7. The smallest absolute Gasteiger partial charge is 0.193 e. The van der Waals surface area contributed by atoms with Crippen LogP contribution >= 0.6 is 0 Å². The van der Waals surface area contributed by atoms with Crippen LogP contribution in [0.4, 0.5) is 0 Å². The fourth-order valence-electron chi connectivity index (χ4n) is 1.34. The Labute approximate surface area is 73.1 Å². The van der Waals surface area contributed by atoms with E-state index in [4.69, 9.17) is 14.6 Å². The largest absolute Gasteiger partial charge is 0.395 e. The normalized spacial score (nSPS) is 25.0. The Morgan fingerprint density at radius 2 is 1.92 bits per heavy atom. The Kier molecular flexibility index (Phi) is 3.06. The van der Waals surface area contributed by atoms with Crippen molar-refractivity contribution in [3.63, 3.8) is 0 Å². The van der Waals surface area contributed by atoms with Crippen molar-refractivity contribution in [1.29, 1.82) is 0 Å². The maximum atomic E-state index is 8.86. The summed E-state index contributed by atoms with van der Waals surface area (Å²) in [6.45, 7) is 3.64. The van der Waals surface area contributed by atoms with Crippen LogP contribution < -0.4 is 0 Å². The second-order valence-electron chi connectivity index (χ2n) is 3.26. The summed E-state index contributed by atoms with van der Waals surface area (Å²) in [6, 6.07) is 0.198. The van der Waals surface area contributed by atoms with Gasteiger partial charge in [0.15, 0.2) is 5.79 Å². The van der Waals surface area contributed by atoms with Crippen molar-refractivity contribution in [2.75, 3.05) is 33.9 Å². The van der Waals surface area contributed by atoms with Gasteiger partial charge in [-0.15, -0.1) is 0 Å². The monoisotopic (exact) mass is 175 g/mol. The van der Waals surface area contributed by atoms with Gasteiger partial charge >= 0.3 is 0 Å². The number of nitrogens with zero attached hydrogens (tertiary/aromatic N) is 1. The number of aliphatic hydroxyl groups excluding tert-OH is 1. The van der Waals surface area contributed by atoms with E-state index in [2.05, 4.69) is 4.90 Å². The van der Waals surface area contributed by atoms with Crippen LogP contribution in [-0.2, 0) is 9.47 Å². The van der Waals surface area contributed by atoms with E-state index in [0.717, 1.165) is 13.1 Å². The third kappa shape index (κ3) is 1.61. The Bertz CT molecular complexity index is 139. The Morgan fingerprint density at radius 1 is 1.42 bits per heavy atom. The van der Waals surface area contributed by atoms with Crippen molar-refractivity contribution in [1.82, 2.24) is 4.90 Å². The molecule has 1 fully saturated rings. The maximum Gasteiger partial charge on any atom is 0.193 e. The second kappa shape index (κ2) is 3.70. The fourth-order valence-corrected chi connectivity index (χ4v) is 1.34. The lowest BCUT2D eigenvalue weighted by atomic mass is 10.1. The van der Waals surface area contributed by atoms with Crippen LogP contribution in [0, 0.1) is 0 Å². The summed E-state index contributed by atoms with van der Waals surface area (Å²) in [5.41, 5.74) is 0. The molecule has 0 amide bonds. The number of methoxy groups -OCH3 is 2. The van der Waals surface area contributed by atoms with Gasteiger partial charge in [-0.1, -0.05) is 0 Å². The number of rotatable bonds is 4. The molecule has 0 bridgehead atoms. The summed E-state index contributed by atoms with van der Waals surface area (Å²) in [4.78, 5) is 2.12. The summed E-state index contributed by atoms with van der Waals surface area (Å²) in [7, 11) is 3.29. The van der Waals surface area contributed by atoms with E-state index in [-0.39, 0.29) is 12.6 Å². The molecule has 1 atom stereocenters. The van der Waals surface area contributed by atoms with Gasteiger partial charge in [0, 0.05) is 20.3 Å². The van der Waals surface area contributed by atoms with E-state index in [1.54, 1.807) is 14.2 Å². The average molecular weight is 175 g/mol. The van der Waals surface area contributed by atoms with Crippen LogP contribution in [0.3, 0.4) is 0 Å². The molecule has 4 heteroatoms. The zero-order chi connectivity index (χ0) is 9.19. The summed E-state index contributed by atoms with van der Waals surface area (Å²) in [6.07, 6.45) is 0. The van der Waals surface area contributed by atoms with Crippen molar-refractivity contribution in [3.8, 4) is 0 Å². The molecule has 12 heavy (non-hydrogen) atoms. The first kappa shape index (κ1) is 9.92. The number of aliphatic hydroxyl groups is 1. The highest BCUT2D eigenvalue weighted by Gasteiger charge is 2.45. The van der Waals surface area contributed by atoms with Gasteiger partial charge < -0.3 is 14.6 Å². The number of likely N-dealkylation sites (tertiary alicyclic amines) is 1. The first-order chi connectivity index (χ1) is 5.67. The molecule has 1 aliphatic heterocycles. The first-order valence-corrected chi connectivity index (χ1v) is 4.12. The minimum Gasteiger partial charge on any atom is -0.395 e. The third-order valence-electron chi connectivity index (χ3n) is 2.52. The zero-order valence-electron chi connectivity index (χ0n) is 7.91. The molecule has 0 aliphatic carbocycles. The van der Waals surface area contributed by atoms with Gasteiger partial charge in [0.1, 0.15) is 0 Å². The molecule has 0 spiro atoms. The molecule has 0 radical (unpaired) electrons. The summed E-state index contributed by atoms with van der Waals surface area (Å²) in [5, 5.41) is 8.86. The number of hydrogen-bond donors (Lipinski definition) is 1. The lowest BCUT2D eigenvalue weighted by molar-refractivity contribution is -0.282. The number of hydrogen-bond acceptors (Lipinski definition) is 4. The van der Waals surface area contributed by atoms with E-state index in [9.17, 15) is 0 Å². The van der Waals surface area contributed by atoms with Crippen LogP contribution in [0.25, 0.3) is 0 Å². The predicted molar refractivity (Wildman–Crippen MR) is 44.9 cm³/mol. The molecule has 0 aromatic heterocycles. The highest BCUT2D eigenvalue weighted by Crippen LogP contribution is 2.26. The minimum atomic E-state index is -0.427. The van der Waals surface area contributed by atoms with E-state index in [1.165, 1.54) is 0 Å². The molecule has 0 aromatic rings. The second-order valence-corrected chi connectivity index (χ2v) is 3.26. The molecule has 0 saturated carbocycles. The van der Waals surface area contributed by atoms with E-state index < -0.39 is 5.79 Å². The summed E-state index contributed by atoms with van der Waals surface area (Å²) in [5.74, 6) is -0.427. The predicted octanol–water partition coefficient (Wildman–Crippen LogP) is -0.328. The van der Waals surface area contributed by atoms with Gasteiger partial charge in [0.25, 0.3) is 0 Å². The van der Waals surface area contributed by atoms with Crippen molar-refractivity contribution in [2.24, 2.45) is 0 Å². The lowest BCUT2D eigenvalue weighted by Gasteiger charge is -2.49. The molecule has 1 heterocycles. The Balaban J connectivity index is 2.34. The van der Waals surface area contributed by atoms with E-state index in [1.807, 2.05) is 6.92 Å². The minimum absolute atomic E-state index is 0.184. The first-order valence-electron chi connectivity index (χ1n) is 4.12. The SMILES string of the molecule is COC1(OC)CN([C@@H](C)CO)C1. The molecule has 1 saturated heterocycles. The van der Waals surface area contributed by atoms with Gasteiger partial charge in [-0.3, -0.25) is 4.90 Å². The molecule has 1 N–H and O–H groups in total. The van der Waals surface area contributed by atoms with Crippen molar-refractivity contribution in [2.45, 2.75) is 18.8 Å². The van der Waals surface area contributed by atoms with Crippen LogP contribution in [0.15, 0.2) is 0 Å². The lowest BCUT2D eigenvalue weighted by Crippen LogP contribution is -2.66. The van der Waals surface area contributed by atoms with Crippen LogP contribution in [-0.4, -0.2) is 55.8 Å². The van der Waals surface area contributed by atoms with Gasteiger partial charge in [-0.05, 0) is 6.92 Å². The summed E-state index contributed by atoms with van der Waals surface area (Å²) < 4.78 is 10.4. The van der Waals surface area contributed by atoms with Gasteiger partial charge in [0.2, 0.25) is 0 Å². The molecular weight excluding hydrogens is 158 g/mol. The molecule has 4 nitrogen and oxygen atoms in total. The summed E-state index contributed by atoms with van der Waals surface area (Å²) >= 11 is 0. The van der Waals surface area contributed by atoms with Crippen molar-refractivity contribution < 1.29 is 14.6 Å². The van der Waals surface area contributed by atoms with E-state index in [0.29, 0.717) is 0 Å². The van der Waals surface area contributed by atoms with Crippen LogP contribution in [0.5, 0.6) is 0 Å². The van der Waals surface area contributed by atoms with Crippen LogP contribution in [0.1, 0.15) is 6.92 Å². The molecular formula is C8H17NO3. The van der Waals surface area contributed by atoms with Crippen molar-refractivity contribution >= 4 is 0 Å². The molecule has 0 aromatic carbocycles. The number of ether oxygens (including phenoxy) is 2. The third-order valence-corrected chi connectivity index (χ3v) is 2.52. The molecule has 72 valence electrons. The van der Waals surface area contributed by atoms with Gasteiger partial charge in [-0.2, -0.15) is 0 Å². The quantitative estimate of drug-likeness (QED) is 0.594.